The fraction of sp³-hybridized carbons (Fsp3) is 0.333. The molecule has 18 heavy (non-hydrogen) atoms. The highest BCUT2D eigenvalue weighted by Crippen LogP contribution is 2.27. The third-order valence-corrected chi connectivity index (χ3v) is 3.03. The van der Waals surface area contributed by atoms with Gasteiger partial charge in [-0.25, -0.2) is 9.59 Å². The average molecular weight is 251 g/mol. The largest absolute Gasteiger partial charge is 0.508 e. The standard InChI is InChI=1S/C12H13NO5/c1-12(10(15)16)7-18-11(17)13(12)6-8-2-4-9(14)5-3-8/h2-5,14H,6-7H2,1H3,(H,15,16). The van der Waals surface area contributed by atoms with Crippen LogP contribution in [0.1, 0.15) is 12.5 Å². The summed E-state index contributed by atoms with van der Waals surface area (Å²) in [5, 5.41) is 18.3. The number of aromatic hydroxyl groups is 1. The van der Waals surface area contributed by atoms with Crippen molar-refractivity contribution in [3.05, 3.63) is 29.8 Å². The van der Waals surface area contributed by atoms with Crippen LogP contribution in [0.4, 0.5) is 4.79 Å². The first-order valence-electron chi connectivity index (χ1n) is 5.39. The number of carbonyl (C=O) groups is 2. The van der Waals surface area contributed by atoms with Gasteiger partial charge in [-0.3, -0.25) is 4.90 Å². The van der Waals surface area contributed by atoms with Crippen LogP contribution < -0.4 is 0 Å². The Labute approximate surface area is 103 Å². The van der Waals surface area contributed by atoms with Crippen molar-refractivity contribution in [1.82, 2.24) is 4.90 Å². The number of cyclic esters (lactones) is 1. The lowest BCUT2D eigenvalue weighted by Crippen LogP contribution is -2.50. The molecule has 1 aromatic carbocycles. The quantitative estimate of drug-likeness (QED) is 0.842. The van der Waals surface area contributed by atoms with Gasteiger partial charge in [0.05, 0.1) is 6.54 Å². The Balaban J connectivity index is 2.23. The molecule has 0 spiro atoms. The predicted octanol–water partition coefficient (Wildman–Crippen LogP) is 1.19. The second kappa shape index (κ2) is 4.21. The van der Waals surface area contributed by atoms with Gasteiger partial charge < -0.3 is 14.9 Å². The van der Waals surface area contributed by atoms with Crippen molar-refractivity contribution in [3.63, 3.8) is 0 Å². The maximum Gasteiger partial charge on any atom is 0.411 e. The van der Waals surface area contributed by atoms with Crippen molar-refractivity contribution in [2.45, 2.75) is 19.0 Å². The van der Waals surface area contributed by atoms with Crippen LogP contribution in [0, 0.1) is 0 Å². The second-order valence-electron chi connectivity index (χ2n) is 4.39. The lowest BCUT2D eigenvalue weighted by Gasteiger charge is -2.27. The highest BCUT2D eigenvalue weighted by atomic mass is 16.6. The van der Waals surface area contributed by atoms with Gasteiger partial charge in [-0.15, -0.1) is 0 Å². The van der Waals surface area contributed by atoms with Crippen LogP contribution in [0.2, 0.25) is 0 Å². The van der Waals surface area contributed by atoms with E-state index in [2.05, 4.69) is 0 Å². The van der Waals surface area contributed by atoms with Crippen molar-refractivity contribution in [2.75, 3.05) is 6.61 Å². The summed E-state index contributed by atoms with van der Waals surface area (Å²) in [5.74, 6) is -0.990. The van der Waals surface area contributed by atoms with Gasteiger partial charge in [0.1, 0.15) is 12.4 Å². The molecule has 1 aromatic rings. The molecule has 6 heteroatoms. The zero-order chi connectivity index (χ0) is 13.3. The van der Waals surface area contributed by atoms with Gasteiger partial charge in [-0.05, 0) is 24.6 Å². The summed E-state index contributed by atoms with van der Waals surface area (Å²) in [6, 6.07) is 6.22. The third-order valence-electron chi connectivity index (χ3n) is 3.03. The topological polar surface area (TPSA) is 87.1 Å². The van der Waals surface area contributed by atoms with E-state index >= 15 is 0 Å². The van der Waals surface area contributed by atoms with E-state index in [1.807, 2.05) is 0 Å². The molecule has 1 unspecified atom stereocenters. The number of aliphatic carboxylic acids is 1. The maximum atomic E-state index is 11.6. The minimum absolute atomic E-state index is 0.115. The molecule has 1 saturated heterocycles. The van der Waals surface area contributed by atoms with Gasteiger partial charge >= 0.3 is 12.1 Å². The SMILES string of the molecule is CC1(C(=O)O)COC(=O)N1Cc1ccc(O)cc1. The highest BCUT2D eigenvalue weighted by molar-refractivity contribution is 5.86. The van der Waals surface area contributed by atoms with Crippen molar-refractivity contribution < 1.29 is 24.5 Å². The molecule has 0 aliphatic carbocycles. The van der Waals surface area contributed by atoms with E-state index < -0.39 is 17.6 Å². The summed E-state index contributed by atoms with van der Waals surface area (Å²) < 4.78 is 4.80. The van der Waals surface area contributed by atoms with Gasteiger partial charge in [0.2, 0.25) is 0 Å². The number of benzene rings is 1. The van der Waals surface area contributed by atoms with Crippen molar-refractivity contribution in [1.29, 1.82) is 0 Å². The smallest absolute Gasteiger partial charge is 0.411 e. The van der Waals surface area contributed by atoms with E-state index in [0.717, 1.165) is 5.56 Å². The Bertz CT molecular complexity index is 484. The molecule has 1 fully saturated rings. The van der Waals surface area contributed by atoms with Gasteiger partial charge in [-0.1, -0.05) is 12.1 Å². The number of ether oxygens (including phenoxy) is 1. The van der Waals surface area contributed by atoms with E-state index in [1.165, 1.54) is 24.0 Å². The Morgan fingerprint density at radius 1 is 1.44 bits per heavy atom. The lowest BCUT2D eigenvalue weighted by atomic mass is 10.0. The Hall–Kier alpha value is -2.24. The summed E-state index contributed by atoms with van der Waals surface area (Å²) in [6.07, 6.45) is -0.645. The Morgan fingerprint density at radius 3 is 2.61 bits per heavy atom. The Morgan fingerprint density at radius 2 is 2.06 bits per heavy atom. The molecular weight excluding hydrogens is 238 g/mol. The molecule has 1 amide bonds. The summed E-state index contributed by atoms with van der Waals surface area (Å²) in [7, 11) is 0. The van der Waals surface area contributed by atoms with Crippen LogP contribution in [-0.2, 0) is 16.1 Å². The van der Waals surface area contributed by atoms with E-state index in [-0.39, 0.29) is 18.9 Å². The number of hydrogen-bond donors (Lipinski definition) is 2. The van der Waals surface area contributed by atoms with Crippen LogP contribution in [-0.4, -0.2) is 39.3 Å². The fourth-order valence-corrected chi connectivity index (χ4v) is 1.76. The predicted molar refractivity (Wildman–Crippen MR) is 61.0 cm³/mol. The summed E-state index contributed by atoms with van der Waals surface area (Å²) in [4.78, 5) is 23.9. The van der Waals surface area contributed by atoms with Crippen LogP contribution in [0.25, 0.3) is 0 Å². The van der Waals surface area contributed by atoms with E-state index in [9.17, 15) is 9.59 Å². The third kappa shape index (κ3) is 1.97. The summed E-state index contributed by atoms with van der Waals surface area (Å²) in [5.41, 5.74) is -0.631. The van der Waals surface area contributed by atoms with Crippen molar-refractivity contribution in [3.8, 4) is 5.75 Å². The minimum atomic E-state index is -1.35. The maximum absolute atomic E-state index is 11.6. The van der Waals surface area contributed by atoms with Crippen LogP contribution in [0.5, 0.6) is 5.75 Å². The number of carboxylic acid groups (broad SMARTS) is 1. The van der Waals surface area contributed by atoms with E-state index in [1.54, 1.807) is 12.1 Å². The molecular formula is C12H13NO5. The number of nitrogens with zero attached hydrogens (tertiary/aromatic N) is 1. The van der Waals surface area contributed by atoms with Crippen LogP contribution in [0.3, 0.4) is 0 Å². The van der Waals surface area contributed by atoms with Gasteiger partial charge in [-0.2, -0.15) is 0 Å². The van der Waals surface area contributed by atoms with E-state index in [0.29, 0.717) is 0 Å². The number of amides is 1. The number of phenolic OH excluding ortho intramolecular Hbond substituents is 1. The normalized spacial score (nSPS) is 22.9. The number of carboxylic acids is 1. The van der Waals surface area contributed by atoms with Crippen molar-refractivity contribution in [2.24, 2.45) is 0 Å². The zero-order valence-electron chi connectivity index (χ0n) is 9.79. The molecule has 0 bridgehead atoms. The fourth-order valence-electron chi connectivity index (χ4n) is 1.76. The van der Waals surface area contributed by atoms with Crippen LogP contribution >= 0.6 is 0 Å². The molecule has 2 N–H and O–H groups in total. The molecule has 1 aliphatic rings. The molecule has 1 heterocycles. The molecule has 0 radical (unpaired) electrons. The molecule has 6 nitrogen and oxygen atoms in total. The van der Waals surface area contributed by atoms with Gasteiger partial charge in [0.25, 0.3) is 0 Å². The summed E-state index contributed by atoms with van der Waals surface area (Å²) in [6.45, 7) is 1.40. The molecule has 0 aromatic heterocycles. The summed E-state index contributed by atoms with van der Waals surface area (Å²) >= 11 is 0. The first kappa shape index (κ1) is 12.2. The minimum Gasteiger partial charge on any atom is -0.508 e. The molecule has 1 aliphatic heterocycles. The van der Waals surface area contributed by atoms with Gasteiger partial charge in [0, 0.05) is 0 Å². The first-order chi connectivity index (χ1) is 8.43. The molecule has 0 saturated carbocycles. The number of carbonyl (C=O) groups excluding carboxylic acids is 1. The average Bonchev–Trinajstić information content (AvgIpc) is 2.61. The number of phenols is 1. The van der Waals surface area contributed by atoms with Crippen molar-refractivity contribution >= 4 is 12.1 Å². The molecule has 2 rings (SSSR count). The van der Waals surface area contributed by atoms with Crippen LogP contribution in [0.15, 0.2) is 24.3 Å². The van der Waals surface area contributed by atoms with E-state index in [4.69, 9.17) is 14.9 Å². The Kier molecular flexibility index (Phi) is 2.86. The molecule has 1 atom stereocenters. The molecule has 96 valence electrons. The lowest BCUT2D eigenvalue weighted by molar-refractivity contribution is -0.147. The highest BCUT2D eigenvalue weighted by Gasteiger charge is 2.49. The number of hydrogen-bond acceptors (Lipinski definition) is 4. The zero-order valence-corrected chi connectivity index (χ0v) is 9.79. The first-order valence-corrected chi connectivity index (χ1v) is 5.39. The number of rotatable bonds is 3. The second-order valence-corrected chi connectivity index (χ2v) is 4.39. The monoisotopic (exact) mass is 251 g/mol. The van der Waals surface area contributed by atoms with Gasteiger partial charge in [0.15, 0.2) is 5.54 Å².